The second-order valence-electron chi connectivity index (χ2n) is 10.0. The van der Waals surface area contributed by atoms with Crippen molar-refractivity contribution in [2.45, 2.75) is 53.1 Å². The predicted molar refractivity (Wildman–Crippen MR) is 137 cm³/mol. The fraction of sp³-hybridized carbons (Fsp3) is 0.462. The lowest BCUT2D eigenvalue weighted by Crippen LogP contribution is -2.50. The lowest BCUT2D eigenvalue weighted by Gasteiger charge is -2.36. The fourth-order valence-corrected chi connectivity index (χ4v) is 4.34. The van der Waals surface area contributed by atoms with E-state index in [-0.39, 0.29) is 6.09 Å². The van der Waals surface area contributed by atoms with Crippen LogP contribution in [0.3, 0.4) is 0 Å². The van der Waals surface area contributed by atoms with Crippen LogP contribution in [0.25, 0.3) is 22.2 Å². The van der Waals surface area contributed by atoms with Crippen molar-refractivity contribution in [3.63, 3.8) is 0 Å². The van der Waals surface area contributed by atoms with E-state index in [1.54, 1.807) is 4.90 Å². The van der Waals surface area contributed by atoms with Crippen molar-refractivity contribution >= 4 is 34.4 Å². The van der Waals surface area contributed by atoms with E-state index in [1.165, 1.54) is 5.56 Å². The summed E-state index contributed by atoms with van der Waals surface area (Å²) in [6.45, 7) is 14.2. The van der Waals surface area contributed by atoms with Gasteiger partial charge in [0.25, 0.3) is 0 Å². The van der Waals surface area contributed by atoms with E-state index < -0.39 is 5.60 Å². The second kappa shape index (κ2) is 9.37. The van der Waals surface area contributed by atoms with E-state index in [2.05, 4.69) is 41.1 Å². The fourth-order valence-electron chi connectivity index (χ4n) is 4.19. The first-order valence-electron chi connectivity index (χ1n) is 11.7. The number of piperazine rings is 1. The van der Waals surface area contributed by atoms with Gasteiger partial charge in [-0.25, -0.2) is 9.78 Å². The molecule has 180 valence electrons. The number of pyridine rings is 1. The largest absolute Gasteiger partial charge is 0.444 e. The molecule has 1 saturated heterocycles. The standard InChI is InChI=1S/C26H32ClN5O2/c1-16(2)18-9-7-8-10-19(18)22-20-15-21(27)17(3)28-23(20)24(30-29-22)31-11-13-32(14-12-31)25(33)34-26(4,5)6/h7-10,15-16H,11-14H2,1-6H3. The van der Waals surface area contributed by atoms with Gasteiger partial charge in [-0.05, 0) is 45.2 Å². The first-order chi connectivity index (χ1) is 16.0. The Labute approximate surface area is 206 Å². The number of aryl methyl sites for hydroxylation is 1. The average molecular weight is 482 g/mol. The van der Waals surface area contributed by atoms with Gasteiger partial charge in [0.15, 0.2) is 5.82 Å². The molecule has 7 nitrogen and oxygen atoms in total. The highest BCUT2D eigenvalue weighted by Gasteiger charge is 2.28. The normalized spacial score (nSPS) is 14.7. The van der Waals surface area contributed by atoms with Crippen molar-refractivity contribution in [1.29, 1.82) is 0 Å². The summed E-state index contributed by atoms with van der Waals surface area (Å²) >= 11 is 6.51. The van der Waals surface area contributed by atoms with Crippen LogP contribution < -0.4 is 4.90 Å². The maximum Gasteiger partial charge on any atom is 0.410 e. The summed E-state index contributed by atoms with van der Waals surface area (Å²) in [5.41, 5.74) is 4.03. The molecular weight excluding hydrogens is 450 g/mol. The molecule has 0 radical (unpaired) electrons. The maximum atomic E-state index is 12.5. The van der Waals surface area contributed by atoms with Gasteiger partial charge in [0.1, 0.15) is 16.8 Å². The molecule has 0 saturated carbocycles. The van der Waals surface area contributed by atoms with Gasteiger partial charge < -0.3 is 14.5 Å². The van der Waals surface area contributed by atoms with Crippen LogP contribution in [0.5, 0.6) is 0 Å². The van der Waals surface area contributed by atoms with Gasteiger partial charge in [-0.3, -0.25) is 0 Å². The Morgan fingerprint density at radius 1 is 1.09 bits per heavy atom. The summed E-state index contributed by atoms with van der Waals surface area (Å²) < 4.78 is 5.53. The molecule has 34 heavy (non-hydrogen) atoms. The molecule has 8 heteroatoms. The van der Waals surface area contributed by atoms with Crippen LogP contribution in [-0.4, -0.2) is 58.0 Å². The number of anilines is 1. The van der Waals surface area contributed by atoms with Gasteiger partial charge >= 0.3 is 6.09 Å². The number of aromatic nitrogens is 3. The van der Waals surface area contributed by atoms with Crippen molar-refractivity contribution in [2.24, 2.45) is 0 Å². The highest BCUT2D eigenvalue weighted by Crippen LogP contribution is 2.36. The number of rotatable bonds is 3. The zero-order chi connectivity index (χ0) is 24.6. The molecule has 3 aromatic rings. The molecule has 1 fully saturated rings. The van der Waals surface area contributed by atoms with Crippen LogP contribution in [0.4, 0.5) is 10.6 Å². The number of ether oxygens (including phenoxy) is 1. The van der Waals surface area contributed by atoms with Crippen LogP contribution in [0, 0.1) is 6.92 Å². The molecule has 0 unspecified atom stereocenters. The Bertz CT molecular complexity index is 1210. The number of nitrogens with zero attached hydrogens (tertiary/aromatic N) is 5. The highest BCUT2D eigenvalue weighted by atomic mass is 35.5. The van der Waals surface area contributed by atoms with E-state index in [0.717, 1.165) is 27.9 Å². The second-order valence-corrected chi connectivity index (χ2v) is 10.4. The van der Waals surface area contributed by atoms with Crippen LogP contribution in [0.15, 0.2) is 30.3 Å². The van der Waals surface area contributed by atoms with Crippen molar-refractivity contribution in [1.82, 2.24) is 20.1 Å². The molecule has 2 aromatic heterocycles. The zero-order valence-corrected chi connectivity index (χ0v) is 21.5. The summed E-state index contributed by atoms with van der Waals surface area (Å²) in [5.74, 6) is 1.05. The minimum absolute atomic E-state index is 0.288. The van der Waals surface area contributed by atoms with Crippen LogP contribution in [0.1, 0.15) is 51.8 Å². The topological polar surface area (TPSA) is 71.5 Å². The lowest BCUT2D eigenvalue weighted by molar-refractivity contribution is 0.0240. The Kier molecular flexibility index (Phi) is 6.67. The number of amides is 1. The SMILES string of the molecule is Cc1nc2c(N3CCN(C(=O)OC(C)(C)C)CC3)nnc(-c3ccccc3C(C)C)c2cc1Cl. The molecule has 1 aliphatic rings. The third-order valence-electron chi connectivity index (χ3n) is 5.93. The molecule has 1 amide bonds. The minimum atomic E-state index is -0.515. The number of hydrogen-bond acceptors (Lipinski definition) is 6. The minimum Gasteiger partial charge on any atom is -0.444 e. The number of halogens is 1. The molecule has 3 heterocycles. The van der Waals surface area contributed by atoms with E-state index in [1.807, 2.05) is 45.9 Å². The summed E-state index contributed by atoms with van der Waals surface area (Å²) in [7, 11) is 0. The van der Waals surface area contributed by atoms with E-state index in [9.17, 15) is 4.79 Å². The van der Waals surface area contributed by atoms with Gasteiger partial charge in [-0.2, -0.15) is 0 Å². The van der Waals surface area contributed by atoms with Gasteiger partial charge in [0.05, 0.1) is 10.7 Å². The van der Waals surface area contributed by atoms with Crippen molar-refractivity contribution in [2.75, 3.05) is 31.1 Å². The van der Waals surface area contributed by atoms with Crippen molar-refractivity contribution in [3.8, 4) is 11.3 Å². The van der Waals surface area contributed by atoms with Gasteiger partial charge in [0.2, 0.25) is 0 Å². The molecule has 1 aromatic carbocycles. The lowest BCUT2D eigenvalue weighted by atomic mass is 9.94. The quantitative estimate of drug-likeness (QED) is 0.468. The summed E-state index contributed by atoms with van der Waals surface area (Å²) in [4.78, 5) is 21.2. The molecular formula is C26H32ClN5O2. The first-order valence-corrected chi connectivity index (χ1v) is 12.1. The first kappa shape index (κ1) is 24.2. The predicted octanol–water partition coefficient (Wildman–Crippen LogP) is 5.83. The number of fused-ring (bicyclic) bond motifs is 1. The van der Waals surface area contributed by atoms with Gasteiger partial charge in [0, 0.05) is 37.1 Å². The molecule has 0 aliphatic carbocycles. The average Bonchev–Trinajstić information content (AvgIpc) is 2.78. The zero-order valence-electron chi connectivity index (χ0n) is 20.7. The van der Waals surface area contributed by atoms with Crippen molar-refractivity contribution < 1.29 is 9.53 Å². The van der Waals surface area contributed by atoms with E-state index >= 15 is 0 Å². The van der Waals surface area contributed by atoms with Crippen LogP contribution >= 0.6 is 11.6 Å². The van der Waals surface area contributed by atoms with Gasteiger partial charge in [-0.15, -0.1) is 10.2 Å². The molecule has 1 aliphatic heterocycles. The Morgan fingerprint density at radius 3 is 2.41 bits per heavy atom. The Hall–Kier alpha value is -2.93. The maximum absolute atomic E-state index is 12.5. The third-order valence-corrected chi connectivity index (χ3v) is 6.31. The summed E-state index contributed by atoms with van der Waals surface area (Å²) in [5, 5.41) is 10.8. The van der Waals surface area contributed by atoms with Crippen LogP contribution in [-0.2, 0) is 4.74 Å². The number of carbonyl (C=O) groups is 1. The highest BCUT2D eigenvalue weighted by molar-refractivity contribution is 6.32. The Morgan fingerprint density at radius 2 is 1.76 bits per heavy atom. The smallest absolute Gasteiger partial charge is 0.410 e. The molecule has 0 spiro atoms. The van der Waals surface area contributed by atoms with E-state index in [0.29, 0.717) is 42.9 Å². The molecule has 0 bridgehead atoms. The monoisotopic (exact) mass is 481 g/mol. The van der Waals surface area contributed by atoms with Gasteiger partial charge in [-0.1, -0.05) is 49.7 Å². The summed E-state index contributed by atoms with van der Waals surface area (Å²) in [6, 6.07) is 10.2. The number of hydrogen-bond donors (Lipinski definition) is 0. The third kappa shape index (κ3) is 4.94. The molecule has 0 N–H and O–H groups in total. The molecule has 0 atom stereocenters. The summed E-state index contributed by atoms with van der Waals surface area (Å²) in [6.07, 6.45) is -0.288. The van der Waals surface area contributed by atoms with Crippen LogP contribution in [0.2, 0.25) is 5.02 Å². The molecule has 4 rings (SSSR count). The Balaban J connectivity index is 1.71. The van der Waals surface area contributed by atoms with Crippen molar-refractivity contribution in [3.05, 3.63) is 46.6 Å². The van der Waals surface area contributed by atoms with E-state index in [4.69, 9.17) is 21.3 Å². The number of carbonyl (C=O) groups excluding carboxylic acids is 1. The number of benzene rings is 1.